The molecule has 0 saturated heterocycles. The Labute approximate surface area is 116 Å². The van der Waals surface area contributed by atoms with Gasteiger partial charge in [-0.05, 0) is 19.8 Å². The van der Waals surface area contributed by atoms with Gasteiger partial charge < -0.3 is 16.4 Å². The number of carbonyl (C=O) groups is 2. The predicted molar refractivity (Wildman–Crippen MR) is 76.0 cm³/mol. The third kappa shape index (κ3) is 4.60. The lowest BCUT2D eigenvalue weighted by atomic mass is 10.1. The lowest BCUT2D eigenvalue weighted by Crippen LogP contribution is -2.46. The third-order valence-electron chi connectivity index (χ3n) is 2.60. The predicted octanol–water partition coefficient (Wildman–Crippen LogP) is 0.798. The van der Waals surface area contributed by atoms with Crippen LogP contribution in [-0.4, -0.2) is 29.4 Å². The van der Waals surface area contributed by atoms with E-state index in [-0.39, 0.29) is 24.3 Å². The van der Waals surface area contributed by atoms with Crippen LogP contribution >= 0.6 is 11.3 Å². The van der Waals surface area contributed by atoms with E-state index in [1.54, 1.807) is 0 Å². The molecule has 1 heterocycles. The van der Waals surface area contributed by atoms with Crippen molar-refractivity contribution in [2.75, 3.05) is 11.9 Å². The molecule has 0 spiro atoms. The molecular formula is C12H20N4O2S. The zero-order valence-corrected chi connectivity index (χ0v) is 12.4. The number of amides is 2. The van der Waals surface area contributed by atoms with Crippen LogP contribution in [0.5, 0.6) is 0 Å². The average Bonchev–Trinajstić information content (AvgIpc) is 2.63. The highest BCUT2D eigenvalue weighted by Crippen LogP contribution is 2.22. The molecule has 1 aromatic heterocycles. The maximum Gasteiger partial charge on any atom is 0.244 e. The van der Waals surface area contributed by atoms with Crippen molar-refractivity contribution in [3.8, 4) is 0 Å². The molecular weight excluding hydrogens is 264 g/mol. The van der Waals surface area contributed by atoms with E-state index in [0.717, 1.165) is 10.7 Å². The number of anilines is 1. The van der Waals surface area contributed by atoms with Gasteiger partial charge in [0.05, 0.1) is 23.3 Å². The highest BCUT2D eigenvalue weighted by Gasteiger charge is 2.18. The minimum Gasteiger partial charge on any atom is -0.346 e. The van der Waals surface area contributed by atoms with E-state index < -0.39 is 6.04 Å². The first-order chi connectivity index (χ1) is 8.81. The lowest BCUT2D eigenvalue weighted by molar-refractivity contribution is -0.125. The molecule has 0 aliphatic rings. The molecule has 0 bridgehead atoms. The van der Waals surface area contributed by atoms with Crippen LogP contribution in [0.1, 0.15) is 24.5 Å². The molecule has 19 heavy (non-hydrogen) atoms. The van der Waals surface area contributed by atoms with E-state index in [2.05, 4.69) is 15.6 Å². The molecule has 6 nitrogen and oxygen atoms in total. The van der Waals surface area contributed by atoms with Gasteiger partial charge in [0, 0.05) is 0 Å². The van der Waals surface area contributed by atoms with Crippen LogP contribution in [0.4, 0.5) is 5.00 Å². The summed E-state index contributed by atoms with van der Waals surface area (Å²) >= 11 is 1.41. The minimum absolute atomic E-state index is 0.0365. The highest BCUT2D eigenvalue weighted by atomic mass is 32.1. The molecule has 106 valence electrons. The van der Waals surface area contributed by atoms with Crippen LogP contribution in [0.15, 0.2) is 0 Å². The standard InChI is InChI=1S/C12H20N4O2S/c1-6(2)10(13)11(18)14-5-9(17)16-12-7(3)15-8(4)19-12/h6,10H,5,13H2,1-4H3,(H,14,18)(H,16,17)/t10-/m0/s1. The monoisotopic (exact) mass is 284 g/mol. The van der Waals surface area contributed by atoms with Crippen LogP contribution in [-0.2, 0) is 9.59 Å². The van der Waals surface area contributed by atoms with Crippen molar-refractivity contribution in [1.29, 1.82) is 0 Å². The Morgan fingerprint density at radius 3 is 2.47 bits per heavy atom. The van der Waals surface area contributed by atoms with Gasteiger partial charge >= 0.3 is 0 Å². The summed E-state index contributed by atoms with van der Waals surface area (Å²) < 4.78 is 0. The van der Waals surface area contributed by atoms with Gasteiger partial charge in [0.25, 0.3) is 0 Å². The number of nitrogens with zero attached hydrogens (tertiary/aromatic N) is 1. The number of aromatic nitrogens is 1. The van der Waals surface area contributed by atoms with E-state index in [0.29, 0.717) is 5.00 Å². The Kier molecular flexibility index (Phi) is 5.44. The second-order valence-electron chi connectivity index (χ2n) is 4.68. The molecule has 0 aliphatic carbocycles. The lowest BCUT2D eigenvalue weighted by Gasteiger charge is -2.14. The number of thiazole rings is 1. The SMILES string of the molecule is Cc1nc(C)c(NC(=O)CNC(=O)[C@@H](N)C(C)C)s1. The van der Waals surface area contributed by atoms with Crippen molar-refractivity contribution < 1.29 is 9.59 Å². The van der Waals surface area contributed by atoms with Crippen molar-refractivity contribution in [2.24, 2.45) is 11.7 Å². The van der Waals surface area contributed by atoms with E-state index >= 15 is 0 Å². The van der Waals surface area contributed by atoms with Gasteiger partial charge in [-0.25, -0.2) is 4.98 Å². The topological polar surface area (TPSA) is 97.1 Å². The fourth-order valence-electron chi connectivity index (χ4n) is 1.41. The summed E-state index contributed by atoms with van der Waals surface area (Å²) in [4.78, 5) is 27.5. The van der Waals surface area contributed by atoms with Crippen LogP contribution in [0, 0.1) is 19.8 Å². The molecule has 0 saturated carbocycles. The summed E-state index contributed by atoms with van der Waals surface area (Å²) in [5.74, 6) is -0.562. The molecule has 1 aromatic rings. The number of carbonyl (C=O) groups excluding carboxylic acids is 2. The Morgan fingerprint density at radius 2 is 2.00 bits per heavy atom. The summed E-state index contributed by atoms with van der Waals surface area (Å²) in [6.07, 6.45) is 0. The van der Waals surface area contributed by atoms with Crippen molar-refractivity contribution >= 4 is 28.2 Å². The Hall–Kier alpha value is -1.47. The zero-order chi connectivity index (χ0) is 14.6. The smallest absolute Gasteiger partial charge is 0.244 e. The number of aryl methyl sites for hydroxylation is 2. The number of nitrogens with two attached hydrogens (primary N) is 1. The second kappa shape index (κ2) is 6.63. The summed E-state index contributed by atoms with van der Waals surface area (Å²) in [6.45, 7) is 7.32. The Morgan fingerprint density at radius 1 is 1.37 bits per heavy atom. The highest BCUT2D eigenvalue weighted by molar-refractivity contribution is 7.16. The molecule has 4 N–H and O–H groups in total. The third-order valence-corrected chi connectivity index (χ3v) is 3.59. The van der Waals surface area contributed by atoms with Gasteiger partial charge in [-0.1, -0.05) is 13.8 Å². The quantitative estimate of drug-likeness (QED) is 0.745. The van der Waals surface area contributed by atoms with Crippen molar-refractivity contribution in [3.05, 3.63) is 10.7 Å². The summed E-state index contributed by atoms with van der Waals surface area (Å²) in [5, 5.41) is 6.83. The van der Waals surface area contributed by atoms with E-state index in [1.807, 2.05) is 27.7 Å². The molecule has 0 fully saturated rings. The molecule has 7 heteroatoms. The van der Waals surface area contributed by atoms with Crippen LogP contribution in [0.2, 0.25) is 0 Å². The molecule has 0 unspecified atom stereocenters. The zero-order valence-electron chi connectivity index (χ0n) is 11.6. The maximum absolute atomic E-state index is 11.7. The second-order valence-corrected chi connectivity index (χ2v) is 5.89. The van der Waals surface area contributed by atoms with Gasteiger partial charge in [0.1, 0.15) is 5.00 Å². The van der Waals surface area contributed by atoms with Gasteiger partial charge in [0.2, 0.25) is 11.8 Å². The first-order valence-corrected chi connectivity index (χ1v) is 6.90. The first kappa shape index (κ1) is 15.6. The molecule has 1 rings (SSSR count). The number of nitrogens with one attached hydrogen (secondary N) is 2. The number of rotatable bonds is 5. The minimum atomic E-state index is -0.597. The van der Waals surface area contributed by atoms with Gasteiger partial charge in [-0.15, -0.1) is 11.3 Å². The summed E-state index contributed by atoms with van der Waals surface area (Å²) in [6, 6.07) is -0.597. The number of hydrogen-bond donors (Lipinski definition) is 3. The number of hydrogen-bond acceptors (Lipinski definition) is 5. The van der Waals surface area contributed by atoms with E-state index in [9.17, 15) is 9.59 Å². The Bertz CT molecular complexity index is 470. The summed E-state index contributed by atoms with van der Waals surface area (Å²) in [5.41, 5.74) is 6.45. The van der Waals surface area contributed by atoms with Crippen LogP contribution < -0.4 is 16.4 Å². The van der Waals surface area contributed by atoms with E-state index in [4.69, 9.17) is 5.73 Å². The average molecular weight is 284 g/mol. The van der Waals surface area contributed by atoms with E-state index in [1.165, 1.54) is 11.3 Å². The molecule has 1 atom stereocenters. The van der Waals surface area contributed by atoms with Crippen molar-refractivity contribution in [1.82, 2.24) is 10.3 Å². The molecule has 2 amide bonds. The van der Waals surface area contributed by atoms with Gasteiger partial charge in [-0.3, -0.25) is 9.59 Å². The normalized spacial score (nSPS) is 12.3. The maximum atomic E-state index is 11.7. The van der Waals surface area contributed by atoms with Crippen molar-refractivity contribution in [3.63, 3.8) is 0 Å². The van der Waals surface area contributed by atoms with Crippen molar-refractivity contribution in [2.45, 2.75) is 33.7 Å². The largest absolute Gasteiger partial charge is 0.346 e. The van der Waals surface area contributed by atoms with Gasteiger partial charge in [0.15, 0.2) is 0 Å². The first-order valence-electron chi connectivity index (χ1n) is 6.08. The van der Waals surface area contributed by atoms with Crippen LogP contribution in [0.25, 0.3) is 0 Å². The molecule has 0 aliphatic heterocycles. The summed E-state index contributed by atoms with van der Waals surface area (Å²) in [7, 11) is 0. The van der Waals surface area contributed by atoms with Crippen LogP contribution in [0.3, 0.4) is 0 Å². The fraction of sp³-hybridized carbons (Fsp3) is 0.583. The van der Waals surface area contributed by atoms with Gasteiger partial charge in [-0.2, -0.15) is 0 Å². The Balaban J connectivity index is 2.44. The molecule has 0 aromatic carbocycles. The fourth-order valence-corrected chi connectivity index (χ4v) is 2.24. The molecule has 0 radical (unpaired) electrons.